The van der Waals surface area contributed by atoms with Crippen molar-refractivity contribution in [2.45, 2.75) is 141 Å². The van der Waals surface area contributed by atoms with E-state index in [2.05, 4.69) is 6.92 Å². The highest BCUT2D eigenvalue weighted by Gasteiger charge is 2.03. The van der Waals surface area contributed by atoms with Crippen LogP contribution in [-0.4, -0.2) is 17.2 Å². The second-order valence-electron chi connectivity index (χ2n) is 7.99. The van der Waals surface area contributed by atoms with Crippen molar-refractivity contribution in [3.05, 3.63) is 0 Å². The Labute approximate surface area is 163 Å². The first-order valence-electron chi connectivity index (χ1n) is 11.6. The first-order valence-corrected chi connectivity index (χ1v) is 11.6. The fourth-order valence-corrected chi connectivity index (χ4v) is 3.53. The molecule has 26 heavy (non-hydrogen) atoms. The molecule has 3 heteroatoms. The van der Waals surface area contributed by atoms with Crippen LogP contribution in [0.2, 0.25) is 0 Å². The van der Waals surface area contributed by atoms with Gasteiger partial charge in [-0.05, 0) is 6.42 Å². The molecule has 0 saturated carbocycles. The topological polar surface area (TPSA) is 60.4 Å². The Balaban J connectivity index is 3.04. The average molecular weight is 370 g/mol. The van der Waals surface area contributed by atoms with E-state index in [1.54, 1.807) is 0 Å². The lowest BCUT2D eigenvalue weighted by molar-refractivity contribution is -0.315. The largest absolute Gasteiger partial charge is 0.547 e. The third kappa shape index (κ3) is 19.8. The van der Waals surface area contributed by atoms with Gasteiger partial charge in [0.15, 0.2) is 0 Å². The van der Waals surface area contributed by atoms with Crippen molar-refractivity contribution >= 4 is 5.97 Å². The second kappa shape index (κ2) is 20.7. The molecule has 0 rings (SSSR count). The van der Waals surface area contributed by atoms with Crippen molar-refractivity contribution in [2.75, 3.05) is 0 Å². The van der Waals surface area contributed by atoms with Crippen molar-refractivity contribution < 1.29 is 15.0 Å². The van der Waals surface area contributed by atoms with Crippen LogP contribution in [0.15, 0.2) is 0 Å². The van der Waals surface area contributed by atoms with Crippen molar-refractivity contribution in [3.8, 4) is 0 Å². The van der Waals surface area contributed by atoms with Gasteiger partial charge in [-0.2, -0.15) is 0 Å². The molecule has 1 N–H and O–H groups in total. The number of hydrogen-bond acceptors (Lipinski definition) is 3. The number of carbonyl (C=O) groups excluding carboxylic acids is 1. The van der Waals surface area contributed by atoms with Gasteiger partial charge in [-0.25, -0.2) is 0 Å². The maximum atomic E-state index is 10.4. The number of carboxylic acid groups (broad SMARTS) is 1. The van der Waals surface area contributed by atoms with Crippen molar-refractivity contribution in [3.63, 3.8) is 0 Å². The molecule has 0 aromatic heterocycles. The smallest absolute Gasteiger partial charge is 0.0933 e. The minimum Gasteiger partial charge on any atom is -0.547 e. The summed E-state index contributed by atoms with van der Waals surface area (Å²) in [5.74, 6) is -1.34. The van der Waals surface area contributed by atoms with E-state index < -0.39 is 12.1 Å². The summed E-state index contributed by atoms with van der Waals surface area (Å²) in [6, 6.07) is 0. The fourth-order valence-electron chi connectivity index (χ4n) is 3.53. The van der Waals surface area contributed by atoms with E-state index in [1.807, 2.05) is 0 Å². The first-order chi connectivity index (χ1) is 12.7. The van der Waals surface area contributed by atoms with Gasteiger partial charge >= 0.3 is 0 Å². The van der Waals surface area contributed by atoms with Crippen LogP contribution in [0, 0.1) is 0 Å². The lowest BCUT2D eigenvalue weighted by Gasteiger charge is -2.10. The van der Waals surface area contributed by atoms with Gasteiger partial charge in [0.05, 0.1) is 12.1 Å². The fraction of sp³-hybridized carbons (Fsp3) is 0.957. The molecule has 0 amide bonds. The predicted molar refractivity (Wildman–Crippen MR) is 109 cm³/mol. The van der Waals surface area contributed by atoms with Crippen molar-refractivity contribution in [2.24, 2.45) is 0 Å². The molecule has 0 aliphatic heterocycles. The molecule has 1 atom stereocenters. The first kappa shape index (κ1) is 25.4. The van der Waals surface area contributed by atoms with Crippen LogP contribution in [0.4, 0.5) is 0 Å². The molecule has 156 valence electrons. The summed E-state index contributed by atoms with van der Waals surface area (Å²) in [4.78, 5) is 10.4. The predicted octanol–water partition coefficient (Wildman–Crippen LogP) is 5.92. The molecular formula is C23H45O3-. The number of aliphatic hydroxyl groups excluding tert-OH is 1. The Morgan fingerprint density at radius 1 is 0.615 bits per heavy atom. The summed E-state index contributed by atoms with van der Waals surface area (Å²) < 4.78 is 0. The SMILES string of the molecule is CCCCCCCCCCCCCCCCCCCCCC(O)C(=O)[O-]. The summed E-state index contributed by atoms with van der Waals surface area (Å²) in [5, 5.41) is 19.5. The lowest BCUT2D eigenvalue weighted by Crippen LogP contribution is -2.35. The molecule has 0 spiro atoms. The zero-order valence-electron chi connectivity index (χ0n) is 17.5. The lowest BCUT2D eigenvalue weighted by atomic mass is 10.0. The molecule has 1 unspecified atom stereocenters. The number of aliphatic hydroxyl groups is 1. The molecule has 0 bridgehead atoms. The maximum Gasteiger partial charge on any atom is 0.0933 e. The molecule has 0 saturated heterocycles. The monoisotopic (exact) mass is 369 g/mol. The molecule has 0 fully saturated rings. The molecule has 0 aliphatic carbocycles. The van der Waals surface area contributed by atoms with E-state index >= 15 is 0 Å². The van der Waals surface area contributed by atoms with Gasteiger partial charge in [0, 0.05) is 0 Å². The number of unbranched alkanes of at least 4 members (excludes halogenated alkanes) is 18. The van der Waals surface area contributed by atoms with Crippen LogP contribution < -0.4 is 5.11 Å². The summed E-state index contributed by atoms with van der Waals surface area (Å²) in [7, 11) is 0. The quantitative estimate of drug-likeness (QED) is 0.255. The summed E-state index contributed by atoms with van der Waals surface area (Å²) >= 11 is 0. The maximum absolute atomic E-state index is 10.4. The molecule has 0 heterocycles. The minimum absolute atomic E-state index is 0.335. The Morgan fingerprint density at radius 2 is 0.885 bits per heavy atom. The number of carbonyl (C=O) groups is 1. The van der Waals surface area contributed by atoms with Crippen LogP contribution in [0.5, 0.6) is 0 Å². The number of carboxylic acids is 1. The Bertz CT molecular complexity index is 291. The average Bonchev–Trinajstić information content (AvgIpc) is 2.63. The van der Waals surface area contributed by atoms with Crippen LogP contribution in [0.25, 0.3) is 0 Å². The number of aliphatic carboxylic acids is 1. The molecule has 3 nitrogen and oxygen atoms in total. The van der Waals surface area contributed by atoms with Gasteiger partial charge in [0.1, 0.15) is 0 Å². The second-order valence-corrected chi connectivity index (χ2v) is 7.99. The van der Waals surface area contributed by atoms with Gasteiger partial charge in [-0.3, -0.25) is 0 Å². The van der Waals surface area contributed by atoms with E-state index in [-0.39, 0.29) is 0 Å². The molecule has 0 aromatic carbocycles. The Hall–Kier alpha value is -0.570. The van der Waals surface area contributed by atoms with E-state index in [9.17, 15) is 9.90 Å². The highest BCUT2D eigenvalue weighted by atomic mass is 16.4. The highest BCUT2D eigenvalue weighted by Crippen LogP contribution is 2.15. The highest BCUT2D eigenvalue weighted by molar-refractivity contribution is 5.69. The van der Waals surface area contributed by atoms with E-state index in [0.29, 0.717) is 6.42 Å². The Kier molecular flexibility index (Phi) is 20.3. The standard InChI is InChI=1S/C23H46O3/c1-2-3-4-5-6-7-8-9-10-11-12-13-14-15-16-17-18-19-20-21-22(24)23(25)26/h22,24H,2-21H2,1H3,(H,25,26)/p-1. The summed E-state index contributed by atoms with van der Waals surface area (Å²) in [5.41, 5.74) is 0. The molecule has 0 radical (unpaired) electrons. The summed E-state index contributed by atoms with van der Waals surface area (Å²) in [6.07, 6.45) is 24.2. The van der Waals surface area contributed by atoms with Crippen molar-refractivity contribution in [1.29, 1.82) is 0 Å². The third-order valence-corrected chi connectivity index (χ3v) is 5.35. The van der Waals surface area contributed by atoms with Crippen LogP contribution >= 0.6 is 0 Å². The van der Waals surface area contributed by atoms with E-state index in [1.165, 1.54) is 103 Å². The van der Waals surface area contributed by atoms with Gasteiger partial charge in [0.25, 0.3) is 0 Å². The van der Waals surface area contributed by atoms with Crippen LogP contribution in [-0.2, 0) is 4.79 Å². The summed E-state index contributed by atoms with van der Waals surface area (Å²) in [6.45, 7) is 2.28. The Morgan fingerprint density at radius 3 is 1.15 bits per heavy atom. The zero-order valence-corrected chi connectivity index (χ0v) is 17.5. The van der Waals surface area contributed by atoms with Gasteiger partial charge < -0.3 is 15.0 Å². The normalized spacial score (nSPS) is 12.4. The van der Waals surface area contributed by atoms with E-state index in [4.69, 9.17) is 5.11 Å². The number of rotatable bonds is 21. The zero-order chi connectivity index (χ0) is 19.3. The van der Waals surface area contributed by atoms with Gasteiger partial charge in [0.2, 0.25) is 0 Å². The van der Waals surface area contributed by atoms with E-state index in [0.717, 1.165) is 19.3 Å². The molecular weight excluding hydrogens is 324 g/mol. The third-order valence-electron chi connectivity index (χ3n) is 5.35. The number of hydrogen-bond donors (Lipinski definition) is 1. The van der Waals surface area contributed by atoms with Gasteiger partial charge in [-0.1, -0.05) is 129 Å². The molecule has 0 aromatic rings. The van der Waals surface area contributed by atoms with Crippen LogP contribution in [0.1, 0.15) is 135 Å². The van der Waals surface area contributed by atoms with Crippen LogP contribution in [0.3, 0.4) is 0 Å². The van der Waals surface area contributed by atoms with Gasteiger partial charge in [-0.15, -0.1) is 0 Å². The minimum atomic E-state index is -1.34. The molecule has 0 aliphatic rings. The van der Waals surface area contributed by atoms with Crippen molar-refractivity contribution in [1.82, 2.24) is 0 Å².